The van der Waals surface area contributed by atoms with Crippen LogP contribution in [0.1, 0.15) is 25.7 Å². The first-order valence-corrected chi connectivity index (χ1v) is 5.90. The van der Waals surface area contributed by atoms with Gasteiger partial charge in [-0.05, 0) is 12.8 Å². The van der Waals surface area contributed by atoms with Crippen molar-refractivity contribution in [3.05, 3.63) is 24.8 Å². The Morgan fingerprint density at radius 1 is 1.35 bits per heavy atom. The van der Waals surface area contributed by atoms with E-state index in [4.69, 9.17) is 14.6 Å². The lowest BCUT2D eigenvalue weighted by Crippen LogP contribution is -2.51. The normalized spacial score (nSPS) is 30.6. The molecule has 2 rings (SSSR count). The van der Waals surface area contributed by atoms with E-state index in [9.17, 15) is 4.79 Å². The van der Waals surface area contributed by atoms with Crippen LogP contribution in [0.2, 0.25) is 0 Å². The van der Waals surface area contributed by atoms with E-state index in [-0.39, 0.29) is 6.42 Å². The van der Waals surface area contributed by atoms with Crippen molar-refractivity contribution in [2.24, 2.45) is 5.41 Å². The molecule has 0 radical (unpaired) electrons. The van der Waals surface area contributed by atoms with Crippen molar-refractivity contribution < 1.29 is 19.4 Å². The quantitative estimate of drug-likeness (QED) is 0.762. The molecule has 0 aromatic rings. The molecule has 0 aromatic carbocycles. The number of carboxylic acid groups (broad SMARTS) is 1. The second-order valence-corrected chi connectivity index (χ2v) is 4.67. The van der Waals surface area contributed by atoms with Gasteiger partial charge in [-0.15, -0.1) is 6.58 Å². The summed E-state index contributed by atoms with van der Waals surface area (Å²) in [4.78, 5) is 11.1. The summed E-state index contributed by atoms with van der Waals surface area (Å²) >= 11 is 0. The first-order chi connectivity index (χ1) is 8.14. The molecule has 1 aliphatic heterocycles. The van der Waals surface area contributed by atoms with E-state index < -0.39 is 17.2 Å². The van der Waals surface area contributed by atoms with Crippen LogP contribution in [0.3, 0.4) is 0 Å². The zero-order chi connectivity index (χ0) is 12.4. The number of aliphatic carboxylic acids is 1. The van der Waals surface area contributed by atoms with Crippen LogP contribution < -0.4 is 0 Å². The third-order valence-corrected chi connectivity index (χ3v) is 3.65. The average Bonchev–Trinajstić information content (AvgIpc) is 2.72. The summed E-state index contributed by atoms with van der Waals surface area (Å²) in [6, 6.07) is 0. The highest BCUT2D eigenvalue weighted by Gasteiger charge is 2.56. The van der Waals surface area contributed by atoms with Crippen LogP contribution >= 0.6 is 0 Å². The molecule has 0 amide bonds. The van der Waals surface area contributed by atoms with Crippen molar-refractivity contribution >= 4 is 5.97 Å². The van der Waals surface area contributed by atoms with E-state index >= 15 is 0 Å². The Morgan fingerprint density at radius 2 is 2.00 bits per heavy atom. The Bertz CT molecular complexity index is 341. The monoisotopic (exact) mass is 238 g/mol. The summed E-state index contributed by atoms with van der Waals surface area (Å²) in [6.07, 6.45) is 7.69. The van der Waals surface area contributed by atoms with Gasteiger partial charge in [0, 0.05) is 11.8 Å². The van der Waals surface area contributed by atoms with E-state index in [1.54, 1.807) is 6.08 Å². The molecule has 1 unspecified atom stereocenters. The molecule has 1 fully saturated rings. The van der Waals surface area contributed by atoms with Crippen molar-refractivity contribution in [1.82, 2.24) is 0 Å². The zero-order valence-corrected chi connectivity index (χ0v) is 9.85. The first kappa shape index (κ1) is 12.3. The van der Waals surface area contributed by atoms with Gasteiger partial charge in [0.1, 0.15) is 0 Å². The zero-order valence-electron chi connectivity index (χ0n) is 9.85. The molecule has 1 N–H and O–H groups in total. The van der Waals surface area contributed by atoms with Gasteiger partial charge in [0.2, 0.25) is 0 Å². The Balaban J connectivity index is 2.35. The molecule has 17 heavy (non-hydrogen) atoms. The molecule has 1 heterocycles. The number of carbonyl (C=O) groups is 1. The van der Waals surface area contributed by atoms with E-state index in [2.05, 4.69) is 6.58 Å². The van der Waals surface area contributed by atoms with Gasteiger partial charge in [0.25, 0.3) is 0 Å². The number of hydrogen-bond donors (Lipinski definition) is 1. The van der Waals surface area contributed by atoms with Crippen molar-refractivity contribution in [3.63, 3.8) is 0 Å². The maximum Gasteiger partial charge on any atom is 0.304 e. The summed E-state index contributed by atoms with van der Waals surface area (Å²) < 4.78 is 11.5. The predicted octanol–water partition coefficient (Wildman–Crippen LogP) is 2.12. The highest BCUT2D eigenvalue weighted by atomic mass is 16.7. The summed E-state index contributed by atoms with van der Waals surface area (Å²) in [5, 5.41) is 9.13. The first-order valence-electron chi connectivity index (χ1n) is 5.90. The molecule has 0 bridgehead atoms. The van der Waals surface area contributed by atoms with Crippen molar-refractivity contribution in [1.29, 1.82) is 0 Å². The number of carboxylic acids is 1. The summed E-state index contributed by atoms with van der Waals surface area (Å²) in [5.41, 5.74) is -0.522. The maximum atomic E-state index is 11.1. The Morgan fingerprint density at radius 3 is 2.59 bits per heavy atom. The van der Waals surface area contributed by atoms with Crippen LogP contribution in [-0.2, 0) is 14.3 Å². The van der Waals surface area contributed by atoms with Gasteiger partial charge in [-0.2, -0.15) is 0 Å². The van der Waals surface area contributed by atoms with Gasteiger partial charge in [0.15, 0.2) is 5.79 Å². The third kappa shape index (κ3) is 2.03. The molecular formula is C13H18O4. The summed E-state index contributed by atoms with van der Waals surface area (Å²) in [6.45, 7) is 4.80. The second kappa shape index (κ2) is 4.63. The van der Waals surface area contributed by atoms with Gasteiger partial charge in [-0.25, -0.2) is 0 Å². The van der Waals surface area contributed by atoms with Crippen LogP contribution in [0.15, 0.2) is 24.8 Å². The SMILES string of the molecule is C=CCC1(CC(=O)O)CC=CCC12OCCO2. The van der Waals surface area contributed by atoms with E-state index in [0.29, 0.717) is 32.5 Å². The molecular weight excluding hydrogens is 220 g/mol. The maximum absolute atomic E-state index is 11.1. The van der Waals surface area contributed by atoms with Crippen LogP contribution in [-0.4, -0.2) is 30.1 Å². The Hall–Kier alpha value is -1.13. The van der Waals surface area contributed by atoms with E-state index in [1.165, 1.54) is 0 Å². The lowest BCUT2D eigenvalue weighted by molar-refractivity contribution is -0.241. The van der Waals surface area contributed by atoms with E-state index in [0.717, 1.165) is 0 Å². The molecule has 4 nitrogen and oxygen atoms in total. The third-order valence-electron chi connectivity index (χ3n) is 3.65. The highest BCUT2D eigenvalue weighted by Crippen LogP contribution is 2.51. The Labute approximate surface area is 101 Å². The standard InChI is InChI=1S/C13H18O4/c1-2-5-12(10-11(14)15)6-3-4-7-13(12)16-8-9-17-13/h2-4H,1,5-10H2,(H,14,15). The van der Waals surface area contributed by atoms with Crippen molar-refractivity contribution in [2.75, 3.05) is 13.2 Å². The van der Waals surface area contributed by atoms with Crippen LogP contribution in [0.5, 0.6) is 0 Å². The fourth-order valence-electron chi connectivity index (χ4n) is 2.88. The molecule has 0 saturated carbocycles. The fourth-order valence-corrected chi connectivity index (χ4v) is 2.88. The topological polar surface area (TPSA) is 55.8 Å². The van der Waals surface area contributed by atoms with Crippen LogP contribution in [0.25, 0.3) is 0 Å². The molecule has 0 aromatic heterocycles. The fraction of sp³-hybridized carbons (Fsp3) is 0.615. The predicted molar refractivity (Wildman–Crippen MR) is 62.5 cm³/mol. The molecule has 1 aliphatic carbocycles. The number of rotatable bonds is 4. The number of ether oxygens (including phenoxy) is 2. The molecule has 1 spiro atoms. The van der Waals surface area contributed by atoms with Crippen LogP contribution in [0.4, 0.5) is 0 Å². The molecule has 1 atom stereocenters. The van der Waals surface area contributed by atoms with Gasteiger partial charge in [-0.1, -0.05) is 18.2 Å². The lowest BCUT2D eigenvalue weighted by Gasteiger charge is -2.47. The lowest BCUT2D eigenvalue weighted by atomic mass is 9.67. The summed E-state index contributed by atoms with van der Waals surface area (Å²) in [7, 11) is 0. The molecule has 1 saturated heterocycles. The highest BCUT2D eigenvalue weighted by molar-refractivity contribution is 5.68. The molecule has 94 valence electrons. The molecule has 4 heteroatoms. The minimum absolute atomic E-state index is 0.0450. The van der Waals surface area contributed by atoms with Gasteiger partial charge in [0.05, 0.1) is 19.6 Å². The van der Waals surface area contributed by atoms with Crippen molar-refractivity contribution in [2.45, 2.75) is 31.5 Å². The largest absolute Gasteiger partial charge is 0.481 e. The Kier molecular flexibility index (Phi) is 3.35. The second-order valence-electron chi connectivity index (χ2n) is 4.67. The van der Waals surface area contributed by atoms with E-state index in [1.807, 2.05) is 12.2 Å². The molecule has 2 aliphatic rings. The number of allylic oxidation sites excluding steroid dienone is 2. The average molecular weight is 238 g/mol. The van der Waals surface area contributed by atoms with Crippen LogP contribution in [0, 0.1) is 5.41 Å². The van der Waals surface area contributed by atoms with Crippen molar-refractivity contribution in [3.8, 4) is 0 Å². The summed E-state index contributed by atoms with van der Waals surface area (Å²) in [5.74, 6) is -1.59. The van der Waals surface area contributed by atoms with Gasteiger partial charge < -0.3 is 14.6 Å². The minimum Gasteiger partial charge on any atom is -0.481 e. The number of hydrogen-bond acceptors (Lipinski definition) is 3. The smallest absolute Gasteiger partial charge is 0.304 e. The minimum atomic E-state index is -0.819. The van der Waals surface area contributed by atoms with Gasteiger partial charge in [-0.3, -0.25) is 4.79 Å². The van der Waals surface area contributed by atoms with Gasteiger partial charge >= 0.3 is 5.97 Å².